The molecule has 0 aromatic heterocycles. The Morgan fingerprint density at radius 3 is 2.54 bits per heavy atom. The molecule has 3 rings (SSSR count). The molecule has 3 heteroatoms. The molecule has 0 radical (unpaired) electrons. The zero-order valence-corrected chi connectivity index (χ0v) is 15.1. The Hall–Kier alpha value is -1.61. The quantitative estimate of drug-likeness (QED) is 0.766. The van der Waals surface area contributed by atoms with Gasteiger partial charge < -0.3 is 4.74 Å². The summed E-state index contributed by atoms with van der Waals surface area (Å²) < 4.78 is 4.93. The lowest BCUT2D eigenvalue weighted by molar-refractivity contribution is -0.143. The average Bonchev–Trinajstić information content (AvgIpc) is 3.30. The molecule has 24 heavy (non-hydrogen) atoms. The SMILES string of the molecule is COC(=O)C1CC12CCN(C/C(=C\C(C)C)c1ccccc1)CC2. The van der Waals surface area contributed by atoms with E-state index in [0.717, 1.165) is 38.9 Å². The minimum absolute atomic E-state index is 0.00636. The third-order valence-corrected chi connectivity index (χ3v) is 5.60. The van der Waals surface area contributed by atoms with Crippen LogP contribution in [0.15, 0.2) is 36.4 Å². The van der Waals surface area contributed by atoms with E-state index in [1.165, 1.54) is 18.2 Å². The lowest BCUT2D eigenvalue weighted by Crippen LogP contribution is -2.36. The zero-order valence-electron chi connectivity index (χ0n) is 15.1. The van der Waals surface area contributed by atoms with Crippen molar-refractivity contribution in [2.45, 2.75) is 33.1 Å². The van der Waals surface area contributed by atoms with Crippen LogP contribution in [0.2, 0.25) is 0 Å². The molecule has 130 valence electrons. The molecule has 1 unspecified atom stereocenters. The first-order chi connectivity index (χ1) is 11.5. The first-order valence-electron chi connectivity index (χ1n) is 9.10. The van der Waals surface area contributed by atoms with Gasteiger partial charge in [0.1, 0.15) is 0 Å². The van der Waals surface area contributed by atoms with Crippen LogP contribution in [-0.2, 0) is 9.53 Å². The van der Waals surface area contributed by atoms with E-state index in [1.54, 1.807) is 0 Å². The fraction of sp³-hybridized carbons (Fsp3) is 0.571. The fourth-order valence-corrected chi connectivity index (χ4v) is 4.07. The Labute approximate surface area is 145 Å². The summed E-state index contributed by atoms with van der Waals surface area (Å²) >= 11 is 0. The zero-order chi connectivity index (χ0) is 17.2. The Morgan fingerprint density at radius 1 is 1.29 bits per heavy atom. The predicted octanol–water partition coefficient (Wildman–Crippen LogP) is 4.00. The maximum absolute atomic E-state index is 11.8. The molecular formula is C21H29NO2. The highest BCUT2D eigenvalue weighted by molar-refractivity contribution is 5.76. The highest BCUT2D eigenvalue weighted by Crippen LogP contribution is 2.59. The molecule has 0 amide bonds. The van der Waals surface area contributed by atoms with Crippen molar-refractivity contribution >= 4 is 11.5 Å². The molecule has 1 aliphatic carbocycles. The van der Waals surface area contributed by atoms with Crippen molar-refractivity contribution in [1.29, 1.82) is 0 Å². The van der Waals surface area contributed by atoms with Gasteiger partial charge in [0.25, 0.3) is 0 Å². The second kappa shape index (κ2) is 7.10. The lowest BCUT2D eigenvalue weighted by atomic mass is 9.90. The van der Waals surface area contributed by atoms with Gasteiger partial charge in [0.2, 0.25) is 0 Å². The van der Waals surface area contributed by atoms with Crippen molar-refractivity contribution in [2.75, 3.05) is 26.7 Å². The van der Waals surface area contributed by atoms with Crippen molar-refractivity contribution < 1.29 is 9.53 Å². The number of likely N-dealkylation sites (tertiary alicyclic amines) is 1. The van der Waals surface area contributed by atoms with Crippen LogP contribution >= 0.6 is 0 Å². The number of ether oxygens (including phenoxy) is 1. The minimum Gasteiger partial charge on any atom is -0.469 e. The molecule has 1 spiro atoms. The molecule has 1 saturated carbocycles. The Balaban J connectivity index is 1.61. The molecule has 0 N–H and O–H groups in total. The summed E-state index contributed by atoms with van der Waals surface area (Å²) in [6.07, 6.45) is 5.65. The Bertz CT molecular complexity index is 598. The summed E-state index contributed by atoms with van der Waals surface area (Å²) in [4.78, 5) is 14.3. The molecule has 1 aromatic rings. The van der Waals surface area contributed by atoms with E-state index in [2.05, 4.69) is 55.2 Å². The van der Waals surface area contributed by atoms with Crippen LogP contribution in [0.1, 0.15) is 38.7 Å². The van der Waals surface area contributed by atoms with Crippen LogP contribution < -0.4 is 0 Å². The van der Waals surface area contributed by atoms with E-state index in [1.807, 2.05) is 0 Å². The highest BCUT2D eigenvalue weighted by Gasteiger charge is 2.59. The van der Waals surface area contributed by atoms with E-state index in [-0.39, 0.29) is 17.3 Å². The van der Waals surface area contributed by atoms with Crippen LogP contribution in [0.25, 0.3) is 5.57 Å². The van der Waals surface area contributed by atoms with Crippen molar-refractivity contribution in [3.8, 4) is 0 Å². The van der Waals surface area contributed by atoms with Crippen molar-refractivity contribution in [1.82, 2.24) is 4.90 Å². The second-order valence-corrected chi connectivity index (χ2v) is 7.72. The Morgan fingerprint density at radius 2 is 1.96 bits per heavy atom. The van der Waals surface area contributed by atoms with E-state index in [0.29, 0.717) is 5.92 Å². The second-order valence-electron chi connectivity index (χ2n) is 7.72. The number of allylic oxidation sites excluding steroid dienone is 1. The van der Waals surface area contributed by atoms with Gasteiger partial charge in [-0.15, -0.1) is 0 Å². The number of esters is 1. The van der Waals surface area contributed by atoms with Gasteiger partial charge in [-0.2, -0.15) is 0 Å². The highest BCUT2D eigenvalue weighted by atomic mass is 16.5. The minimum atomic E-state index is -0.00636. The van der Waals surface area contributed by atoms with Gasteiger partial charge >= 0.3 is 5.97 Å². The van der Waals surface area contributed by atoms with Crippen molar-refractivity contribution in [3.05, 3.63) is 42.0 Å². The number of methoxy groups -OCH3 is 1. The number of piperidine rings is 1. The van der Waals surface area contributed by atoms with Crippen molar-refractivity contribution in [2.24, 2.45) is 17.3 Å². The largest absolute Gasteiger partial charge is 0.469 e. The van der Waals surface area contributed by atoms with Crippen LogP contribution in [0.3, 0.4) is 0 Å². The maximum atomic E-state index is 11.8. The topological polar surface area (TPSA) is 29.5 Å². The predicted molar refractivity (Wildman–Crippen MR) is 97.5 cm³/mol. The van der Waals surface area contributed by atoms with E-state index in [9.17, 15) is 4.79 Å². The monoisotopic (exact) mass is 327 g/mol. The van der Waals surface area contributed by atoms with Gasteiger partial charge in [-0.05, 0) is 54.8 Å². The molecular weight excluding hydrogens is 298 g/mol. The number of carbonyl (C=O) groups is 1. The molecule has 2 aliphatic rings. The summed E-state index contributed by atoms with van der Waals surface area (Å²) in [7, 11) is 1.51. The van der Waals surface area contributed by atoms with E-state index < -0.39 is 0 Å². The Kier molecular flexibility index (Phi) is 5.09. The van der Waals surface area contributed by atoms with Crippen LogP contribution in [-0.4, -0.2) is 37.6 Å². The van der Waals surface area contributed by atoms with E-state index in [4.69, 9.17) is 4.74 Å². The summed E-state index contributed by atoms with van der Waals surface area (Å²) in [5.41, 5.74) is 2.99. The number of benzene rings is 1. The smallest absolute Gasteiger partial charge is 0.309 e. The molecule has 2 fully saturated rings. The van der Waals surface area contributed by atoms with Crippen LogP contribution in [0, 0.1) is 17.3 Å². The van der Waals surface area contributed by atoms with E-state index >= 15 is 0 Å². The molecule has 1 aliphatic heterocycles. The number of hydrogen-bond acceptors (Lipinski definition) is 3. The van der Waals surface area contributed by atoms with Crippen molar-refractivity contribution in [3.63, 3.8) is 0 Å². The molecule has 1 aromatic carbocycles. The summed E-state index contributed by atoms with van der Waals surface area (Å²) in [5, 5.41) is 0. The first kappa shape index (κ1) is 17.2. The standard InChI is InChI=1S/C21H29NO2/c1-16(2)13-18(17-7-5-4-6-8-17)15-22-11-9-21(10-12-22)14-19(21)20(23)24-3/h4-8,13,16,19H,9-12,14-15H2,1-3H3/b18-13+. The van der Waals surface area contributed by atoms with Gasteiger partial charge in [0, 0.05) is 6.54 Å². The fourth-order valence-electron chi connectivity index (χ4n) is 4.07. The average molecular weight is 327 g/mol. The molecule has 3 nitrogen and oxygen atoms in total. The molecule has 0 bridgehead atoms. The number of carbonyl (C=O) groups excluding carboxylic acids is 1. The molecule has 1 saturated heterocycles. The van der Waals surface area contributed by atoms with Crippen LogP contribution in [0.4, 0.5) is 0 Å². The van der Waals surface area contributed by atoms with Gasteiger partial charge in [-0.3, -0.25) is 9.69 Å². The summed E-state index contributed by atoms with van der Waals surface area (Å²) in [5.74, 6) is 0.695. The number of hydrogen-bond donors (Lipinski definition) is 0. The first-order valence-corrected chi connectivity index (χ1v) is 9.10. The van der Waals surface area contributed by atoms with Gasteiger partial charge in [0.05, 0.1) is 13.0 Å². The normalized spacial score (nSPS) is 23.5. The maximum Gasteiger partial charge on any atom is 0.309 e. The molecule has 1 atom stereocenters. The van der Waals surface area contributed by atoms with Crippen LogP contribution in [0.5, 0.6) is 0 Å². The summed E-state index contributed by atoms with van der Waals surface area (Å²) in [6, 6.07) is 10.7. The third-order valence-electron chi connectivity index (χ3n) is 5.60. The number of nitrogens with zero attached hydrogens (tertiary/aromatic N) is 1. The van der Waals surface area contributed by atoms with Gasteiger partial charge in [-0.1, -0.05) is 50.3 Å². The number of rotatable bonds is 5. The molecule has 1 heterocycles. The lowest BCUT2D eigenvalue weighted by Gasteiger charge is -2.33. The third kappa shape index (κ3) is 3.72. The van der Waals surface area contributed by atoms with Gasteiger partial charge in [-0.25, -0.2) is 0 Å². The summed E-state index contributed by atoms with van der Waals surface area (Å²) in [6.45, 7) is 7.63. The van der Waals surface area contributed by atoms with Gasteiger partial charge in [0.15, 0.2) is 0 Å².